The zero-order valence-corrected chi connectivity index (χ0v) is 18.9. The monoisotopic (exact) mass is 542 g/mol. The predicted molar refractivity (Wildman–Crippen MR) is 109 cm³/mol. The molecule has 1 N–H and O–H groups in total. The number of hydrogen-bond acceptors (Lipinski definition) is 3. The van der Waals surface area contributed by atoms with E-state index in [1.807, 2.05) is 0 Å². The molecule has 2 aromatic carbocycles. The maximum absolute atomic E-state index is 14.7. The van der Waals surface area contributed by atoms with Crippen LogP contribution in [0.25, 0.3) is 0 Å². The van der Waals surface area contributed by atoms with Crippen LogP contribution in [0.3, 0.4) is 0 Å². The third kappa shape index (κ3) is 3.52. The highest BCUT2D eigenvalue weighted by Crippen LogP contribution is 2.60. The maximum Gasteiger partial charge on any atom is 0.435 e. The van der Waals surface area contributed by atoms with Crippen LogP contribution in [-0.4, -0.2) is 31.8 Å². The second-order valence-corrected chi connectivity index (χ2v) is 11.2. The Morgan fingerprint density at radius 1 is 0.917 bits per heavy atom. The first-order valence-corrected chi connectivity index (χ1v) is 12.2. The van der Waals surface area contributed by atoms with Gasteiger partial charge in [-0.15, -0.1) is 0 Å². The van der Waals surface area contributed by atoms with Crippen LogP contribution in [0.15, 0.2) is 47.4 Å². The Labute approximate surface area is 199 Å². The molecule has 0 aromatic heterocycles. The van der Waals surface area contributed by atoms with Crippen LogP contribution in [0.4, 0.5) is 35.1 Å². The average molecular weight is 542 g/mol. The first-order valence-electron chi connectivity index (χ1n) is 10.7. The summed E-state index contributed by atoms with van der Waals surface area (Å²) in [6.07, 6.45) is -13.6. The number of hydrogen-bond donors (Lipinski definition) is 1. The van der Waals surface area contributed by atoms with Crippen molar-refractivity contribution in [3.8, 4) is 0 Å². The van der Waals surface area contributed by atoms with Gasteiger partial charge >= 0.3 is 24.0 Å². The summed E-state index contributed by atoms with van der Waals surface area (Å²) in [5.74, 6) is -4.28. The molecule has 3 atom stereocenters. The maximum atomic E-state index is 14.7. The lowest BCUT2D eigenvalue weighted by molar-refractivity contribution is -0.348. The van der Waals surface area contributed by atoms with Gasteiger partial charge in [0.15, 0.2) is 9.84 Å². The fraction of sp³-hybridized carbons (Fsp3) is 0.435. The number of rotatable bonds is 4. The quantitative estimate of drug-likeness (QED) is 0.389. The Balaban J connectivity index is 1.97. The number of carboxylic acids is 1. The van der Waals surface area contributed by atoms with Gasteiger partial charge in [-0.1, -0.05) is 18.2 Å². The van der Waals surface area contributed by atoms with Crippen LogP contribution in [0.2, 0.25) is 0 Å². The van der Waals surface area contributed by atoms with Gasteiger partial charge < -0.3 is 5.11 Å². The van der Waals surface area contributed by atoms with Crippen LogP contribution in [0.5, 0.6) is 0 Å². The number of alkyl halides is 7. The molecule has 2 aliphatic rings. The molecular formula is C23H18F8O4S. The summed E-state index contributed by atoms with van der Waals surface area (Å²) in [7, 11) is -4.53. The van der Waals surface area contributed by atoms with Crippen molar-refractivity contribution in [1.29, 1.82) is 0 Å². The Bertz CT molecular complexity index is 1290. The second-order valence-electron chi connectivity index (χ2n) is 9.00. The number of carbonyl (C=O) groups is 1. The summed E-state index contributed by atoms with van der Waals surface area (Å²) >= 11 is 0. The smallest absolute Gasteiger partial charge is 0.435 e. The highest BCUT2D eigenvalue weighted by atomic mass is 32.2. The fourth-order valence-electron chi connectivity index (χ4n) is 5.67. The van der Waals surface area contributed by atoms with Crippen molar-refractivity contribution in [2.45, 2.75) is 53.3 Å². The van der Waals surface area contributed by atoms with Crippen molar-refractivity contribution in [3.05, 3.63) is 65.0 Å². The van der Waals surface area contributed by atoms with E-state index < -0.39 is 61.8 Å². The van der Waals surface area contributed by atoms with Crippen molar-refractivity contribution >= 4 is 15.8 Å². The van der Waals surface area contributed by atoms with Crippen molar-refractivity contribution in [1.82, 2.24) is 0 Å². The molecule has 0 amide bonds. The number of benzene rings is 2. The lowest BCUT2D eigenvalue weighted by Crippen LogP contribution is -2.51. The molecule has 1 saturated carbocycles. The first-order chi connectivity index (χ1) is 16.5. The van der Waals surface area contributed by atoms with Gasteiger partial charge in [-0.3, -0.25) is 4.79 Å². The van der Waals surface area contributed by atoms with Gasteiger partial charge in [-0.2, -0.15) is 26.3 Å². The minimum atomic E-state index is -6.35. The second kappa shape index (κ2) is 8.15. The Morgan fingerprint density at radius 3 is 2.03 bits per heavy atom. The standard InChI is InChI=1S/C23H18F8O4S/c24-14-3-5-15(6-4-14)36(34,35)20-10-9-16(19(32)33)18(20)7-1-12-11-13(2-8-17(12)20)21(25,22(26,27)28)23(29,30)31/h2-6,8,11,16,18H,1,7,9-10H2,(H,32,33)/t16-,18+,20-/m1/s1. The Kier molecular flexibility index (Phi) is 5.97. The van der Waals surface area contributed by atoms with E-state index >= 15 is 0 Å². The number of aliphatic carboxylic acids is 1. The van der Waals surface area contributed by atoms with E-state index in [2.05, 4.69) is 0 Å². The predicted octanol–water partition coefficient (Wildman–Crippen LogP) is 5.84. The van der Waals surface area contributed by atoms with E-state index in [-0.39, 0.29) is 47.8 Å². The molecule has 196 valence electrons. The van der Waals surface area contributed by atoms with E-state index in [1.54, 1.807) is 0 Å². The average Bonchev–Trinajstić information content (AvgIpc) is 3.19. The number of fused-ring (bicyclic) bond motifs is 3. The fourth-order valence-corrected chi connectivity index (χ4v) is 8.15. The molecule has 0 saturated heterocycles. The topological polar surface area (TPSA) is 71.4 Å². The minimum absolute atomic E-state index is 0.125. The zero-order valence-electron chi connectivity index (χ0n) is 18.1. The molecule has 4 rings (SSSR count). The SMILES string of the molecule is O=C(O)[C@@H]1CC[C@@]2(S(=O)(=O)c3ccc(F)cc3)c3ccc(C(F)(C(F)(F)F)C(F)(F)F)cc3CC[C@@H]12. The molecular weight excluding hydrogens is 524 g/mol. The lowest BCUT2D eigenvalue weighted by Gasteiger charge is -2.42. The number of sulfone groups is 1. The molecule has 0 unspecified atom stereocenters. The molecule has 2 aliphatic carbocycles. The summed E-state index contributed by atoms with van der Waals surface area (Å²) in [6, 6.07) is 4.95. The van der Waals surface area contributed by atoms with E-state index in [4.69, 9.17) is 0 Å². The number of carboxylic acid groups (broad SMARTS) is 1. The number of aryl methyl sites for hydroxylation is 1. The Morgan fingerprint density at radius 2 is 1.50 bits per heavy atom. The van der Waals surface area contributed by atoms with Gasteiger partial charge in [0.05, 0.1) is 10.8 Å². The molecule has 2 aromatic rings. The van der Waals surface area contributed by atoms with Crippen molar-refractivity contribution < 1.29 is 53.4 Å². The van der Waals surface area contributed by atoms with E-state index in [9.17, 15) is 53.4 Å². The van der Waals surface area contributed by atoms with Crippen LogP contribution >= 0.6 is 0 Å². The summed E-state index contributed by atoms with van der Waals surface area (Å²) in [5, 5.41) is 9.67. The molecule has 0 aliphatic heterocycles. The number of halogens is 8. The normalized spacial score (nSPS) is 24.8. The summed E-state index contributed by atoms with van der Waals surface area (Å²) < 4.78 is 134. The van der Waals surface area contributed by atoms with E-state index in [1.165, 1.54) is 0 Å². The summed E-state index contributed by atoms with van der Waals surface area (Å²) in [5.41, 5.74) is -7.88. The zero-order chi connectivity index (χ0) is 26.9. The third-order valence-corrected chi connectivity index (χ3v) is 9.88. The highest BCUT2D eigenvalue weighted by molar-refractivity contribution is 7.92. The van der Waals surface area contributed by atoms with Crippen molar-refractivity contribution in [3.63, 3.8) is 0 Å². The van der Waals surface area contributed by atoms with E-state index in [0.29, 0.717) is 12.1 Å². The summed E-state index contributed by atoms with van der Waals surface area (Å²) in [6.45, 7) is 0. The van der Waals surface area contributed by atoms with Crippen LogP contribution in [0, 0.1) is 17.7 Å². The molecule has 0 heterocycles. The van der Waals surface area contributed by atoms with Crippen LogP contribution < -0.4 is 0 Å². The van der Waals surface area contributed by atoms with Crippen molar-refractivity contribution in [2.75, 3.05) is 0 Å². The molecule has 13 heteroatoms. The molecule has 0 spiro atoms. The minimum Gasteiger partial charge on any atom is -0.481 e. The van der Waals surface area contributed by atoms with Gasteiger partial charge in [0, 0.05) is 5.56 Å². The highest BCUT2D eigenvalue weighted by Gasteiger charge is 2.73. The van der Waals surface area contributed by atoms with Crippen LogP contribution in [-0.2, 0) is 31.5 Å². The largest absolute Gasteiger partial charge is 0.481 e. The third-order valence-electron chi connectivity index (χ3n) is 7.30. The van der Waals surface area contributed by atoms with E-state index in [0.717, 1.165) is 24.3 Å². The van der Waals surface area contributed by atoms with Gasteiger partial charge in [0.1, 0.15) is 10.6 Å². The lowest BCUT2D eigenvalue weighted by atomic mass is 9.72. The van der Waals surface area contributed by atoms with Crippen molar-refractivity contribution in [2.24, 2.45) is 11.8 Å². The molecule has 0 bridgehead atoms. The van der Waals surface area contributed by atoms with Gasteiger partial charge in [-0.05, 0) is 67.0 Å². The summed E-state index contributed by atoms with van der Waals surface area (Å²) in [4.78, 5) is 11.5. The Hall–Kier alpha value is -2.70. The van der Waals surface area contributed by atoms with Gasteiger partial charge in [-0.25, -0.2) is 17.2 Å². The molecule has 4 nitrogen and oxygen atoms in total. The molecule has 1 fully saturated rings. The van der Waals surface area contributed by atoms with Gasteiger partial charge in [0.25, 0.3) is 0 Å². The van der Waals surface area contributed by atoms with Gasteiger partial charge in [0.2, 0.25) is 0 Å². The first kappa shape index (κ1) is 26.4. The molecule has 0 radical (unpaired) electrons. The van der Waals surface area contributed by atoms with Crippen LogP contribution in [0.1, 0.15) is 36.0 Å². The molecule has 36 heavy (non-hydrogen) atoms.